The number of hydrogen-bond acceptors (Lipinski definition) is 1. The van der Waals surface area contributed by atoms with Crippen molar-refractivity contribution in [2.45, 2.75) is 52.4 Å². The first kappa shape index (κ1) is 14.1. The Morgan fingerprint density at radius 3 is 2.70 bits per heavy atom. The molecule has 3 unspecified atom stereocenters. The van der Waals surface area contributed by atoms with Gasteiger partial charge < -0.3 is 4.90 Å². The largest absolute Gasteiger partial charge is 0.303 e. The highest BCUT2D eigenvalue weighted by Gasteiger charge is 2.46. The molecule has 0 amide bonds. The Bertz CT molecular complexity index is 463. The van der Waals surface area contributed by atoms with E-state index >= 15 is 0 Å². The first-order valence-corrected chi connectivity index (χ1v) is 8.48. The van der Waals surface area contributed by atoms with Gasteiger partial charge in [0.25, 0.3) is 0 Å². The average molecular weight is 271 g/mol. The normalized spacial score (nSPS) is 32.2. The summed E-state index contributed by atoms with van der Waals surface area (Å²) in [6.07, 6.45) is 5.56. The summed E-state index contributed by atoms with van der Waals surface area (Å²) in [7, 11) is 0. The molecule has 0 heterocycles. The molecule has 0 saturated heterocycles. The summed E-state index contributed by atoms with van der Waals surface area (Å²) in [4.78, 5) is 2.63. The molecule has 3 atom stereocenters. The van der Waals surface area contributed by atoms with Crippen LogP contribution in [0.5, 0.6) is 0 Å². The zero-order valence-electron chi connectivity index (χ0n) is 13.4. The van der Waals surface area contributed by atoms with E-state index in [9.17, 15) is 0 Å². The average Bonchev–Trinajstić information content (AvgIpc) is 2.86. The SMILES string of the molecule is CCN(CC)CC1(C)CCCC2c3ccccc3CC21. The molecule has 110 valence electrons. The second kappa shape index (κ2) is 5.52. The van der Waals surface area contributed by atoms with Crippen molar-refractivity contribution in [2.24, 2.45) is 11.3 Å². The van der Waals surface area contributed by atoms with Gasteiger partial charge in [-0.3, -0.25) is 0 Å². The molecule has 0 spiro atoms. The Morgan fingerprint density at radius 1 is 1.20 bits per heavy atom. The van der Waals surface area contributed by atoms with Crippen LogP contribution in [0.1, 0.15) is 57.1 Å². The maximum Gasteiger partial charge on any atom is 0.00381 e. The molecule has 0 aromatic heterocycles. The molecule has 1 aromatic rings. The van der Waals surface area contributed by atoms with Crippen LogP contribution >= 0.6 is 0 Å². The smallest absolute Gasteiger partial charge is 0.00381 e. The molecule has 2 aliphatic rings. The van der Waals surface area contributed by atoms with Crippen molar-refractivity contribution >= 4 is 0 Å². The van der Waals surface area contributed by atoms with E-state index in [1.807, 2.05) is 0 Å². The van der Waals surface area contributed by atoms with E-state index in [0.29, 0.717) is 5.41 Å². The third-order valence-electron chi connectivity index (χ3n) is 6.02. The second-order valence-electron chi connectivity index (χ2n) is 7.12. The minimum atomic E-state index is 0.508. The van der Waals surface area contributed by atoms with Gasteiger partial charge in [-0.1, -0.05) is 51.5 Å². The fourth-order valence-corrected chi connectivity index (χ4v) is 4.83. The third-order valence-corrected chi connectivity index (χ3v) is 6.02. The number of rotatable bonds is 4. The Kier molecular flexibility index (Phi) is 3.90. The first-order valence-electron chi connectivity index (χ1n) is 8.48. The van der Waals surface area contributed by atoms with E-state index in [0.717, 1.165) is 11.8 Å². The van der Waals surface area contributed by atoms with Crippen LogP contribution in [-0.2, 0) is 6.42 Å². The van der Waals surface area contributed by atoms with Gasteiger partial charge in [-0.05, 0) is 60.7 Å². The fourth-order valence-electron chi connectivity index (χ4n) is 4.83. The molecular formula is C19H29N. The van der Waals surface area contributed by atoms with Gasteiger partial charge >= 0.3 is 0 Å². The number of benzene rings is 1. The molecular weight excluding hydrogens is 242 g/mol. The van der Waals surface area contributed by atoms with Gasteiger partial charge in [-0.2, -0.15) is 0 Å². The molecule has 1 saturated carbocycles. The van der Waals surface area contributed by atoms with Gasteiger partial charge in [0.05, 0.1) is 0 Å². The van der Waals surface area contributed by atoms with Crippen LogP contribution < -0.4 is 0 Å². The summed E-state index contributed by atoms with van der Waals surface area (Å²) in [5.74, 6) is 1.70. The molecule has 0 N–H and O–H groups in total. The Morgan fingerprint density at radius 2 is 1.95 bits per heavy atom. The van der Waals surface area contributed by atoms with Gasteiger partial charge in [-0.15, -0.1) is 0 Å². The van der Waals surface area contributed by atoms with Crippen LogP contribution in [0.15, 0.2) is 24.3 Å². The lowest BCUT2D eigenvalue weighted by molar-refractivity contribution is 0.0565. The molecule has 1 fully saturated rings. The molecule has 3 rings (SSSR count). The van der Waals surface area contributed by atoms with Crippen molar-refractivity contribution in [1.82, 2.24) is 4.90 Å². The van der Waals surface area contributed by atoms with Crippen LogP contribution in [0.3, 0.4) is 0 Å². The van der Waals surface area contributed by atoms with Crippen LogP contribution in [-0.4, -0.2) is 24.5 Å². The first-order chi connectivity index (χ1) is 9.68. The highest BCUT2D eigenvalue weighted by molar-refractivity contribution is 5.37. The van der Waals surface area contributed by atoms with E-state index in [1.165, 1.54) is 45.3 Å². The predicted molar refractivity (Wildman–Crippen MR) is 86.1 cm³/mol. The molecule has 0 radical (unpaired) electrons. The number of hydrogen-bond donors (Lipinski definition) is 0. The molecule has 1 aromatic carbocycles. The summed E-state index contributed by atoms with van der Waals surface area (Å²) in [6.45, 7) is 10.8. The zero-order valence-corrected chi connectivity index (χ0v) is 13.4. The van der Waals surface area contributed by atoms with Gasteiger partial charge in [0.1, 0.15) is 0 Å². The highest BCUT2D eigenvalue weighted by atomic mass is 15.1. The van der Waals surface area contributed by atoms with E-state index in [-0.39, 0.29) is 0 Å². The van der Waals surface area contributed by atoms with Crippen LogP contribution in [0.4, 0.5) is 0 Å². The minimum absolute atomic E-state index is 0.508. The number of nitrogens with zero attached hydrogens (tertiary/aromatic N) is 1. The maximum absolute atomic E-state index is 2.63. The molecule has 0 aliphatic heterocycles. The summed E-state index contributed by atoms with van der Waals surface area (Å²) in [6, 6.07) is 9.21. The van der Waals surface area contributed by atoms with Crippen molar-refractivity contribution < 1.29 is 0 Å². The highest BCUT2D eigenvalue weighted by Crippen LogP contribution is 2.54. The maximum atomic E-state index is 2.63. The van der Waals surface area contributed by atoms with Crippen molar-refractivity contribution in [1.29, 1.82) is 0 Å². The molecule has 20 heavy (non-hydrogen) atoms. The van der Waals surface area contributed by atoms with Crippen molar-refractivity contribution in [3.8, 4) is 0 Å². The topological polar surface area (TPSA) is 3.24 Å². The van der Waals surface area contributed by atoms with E-state index in [1.54, 1.807) is 11.1 Å². The van der Waals surface area contributed by atoms with Gasteiger partial charge in [-0.25, -0.2) is 0 Å². The third kappa shape index (κ3) is 2.30. The number of fused-ring (bicyclic) bond motifs is 3. The lowest BCUT2D eigenvalue weighted by Gasteiger charge is -2.46. The van der Waals surface area contributed by atoms with E-state index in [4.69, 9.17) is 0 Å². The Labute approximate surface area is 124 Å². The zero-order chi connectivity index (χ0) is 14.2. The van der Waals surface area contributed by atoms with Crippen LogP contribution in [0, 0.1) is 11.3 Å². The molecule has 2 aliphatic carbocycles. The van der Waals surface area contributed by atoms with Gasteiger partial charge in [0, 0.05) is 6.54 Å². The summed E-state index contributed by atoms with van der Waals surface area (Å²) < 4.78 is 0. The molecule has 1 heteroatoms. The quantitative estimate of drug-likeness (QED) is 0.780. The van der Waals surface area contributed by atoms with Gasteiger partial charge in [0.2, 0.25) is 0 Å². The monoisotopic (exact) mass is 271 g/mol. The second-order valence-corrected chi connectivity index (χ2v) is 7.12. The van der Waals surface area contributed by atoms with Crippen molar-refractivity contribution in [3.05, 3.63) is 35.4 Å². The van der Waals surface area contributed by atoms with E-state index < -0.39 is 0 Å². The minimum Gasteiger partial charge on any atom is -0.303 e. The van der Waals surface area contributed by atoms with Crippen LogP contribution in [0.2, 0.25) is 0 Å². The van der Waals surface area contributed by atoms with Crippen molar-refractivity contribution in [3.63, 3.8) is 0 Å². The Hall–Kier alpha value is -0.820. The summed E-state index contributed by atoms with van der Waals surface area (Å²) in [5.41, 5.74) is 3.81. The summed E-state index contributed by atoms with van der Waals surface area (Å²) >= 11 is 0. The fraction of sp³-hybridized carbons (Fsp3) is 0.684. The Balaban J connectivity index is 1.85. The standard InChI is InChI=1S/C19H29N/c1-4-20(5-2)14-19(3)12-8-11-17-16-10-7-6-9-15(16)13-18(17)19/h6-7,9-10,17-18H,4-5,8,11-14H2,1-3H3. The van der Waals surface area contributed by atoms with Gasteiger partial charge in [0.15, 0.2) is 0 Å². The summed E-state index contributed by atoms with van der Waals surface area (Å²) in [5, 5.41) is 0. The van der Waals surface area contributed by atoms with Crippen LogP contribution in [0.25, 0.3) is 0 Å². The predicted octanol–water partition coefficient (Wildman–Crippen LogP) is 4.47. The molecule has 0 bridgehead atoms. The van der Waals surface area contributed by atoms with E-state index in [2.05, 4.69) is 49.9 Å². The van der Waals surface area contributed by atoms with Crippen molar-refractivity contribution in [2.75, 3.05) is 19.6 Å². The lowest BCUT2D eigenvalue weighted by Crippen LogP contribution is -2.44. The lowest BCUT2D eigenvalue weighted by atomic mass is 9.62. The molecule has 1 nitrogen and oxygen atoms in total.